The van der Waals surface area contributed by atoms with Crippen molar-refractivity contribution >= 4 is 31.0 Å². The van der Waals surface area contributed by atoms with Gasteiger partial charge in [0.2, 0.25) is 0 Å². The number of hydrogen-bond donors (Lipinski definition) is 0. The monoisotopic (exact) mass is 372 g/mol. The first-order valence-electron chi connectivity index (χ1n) is 7.33. The van der Waals surface area contributed by atoms with Crippen LogP contribution in [0.1, 0.15) is 12.0 Å². The number of benzene rings is 2. The summed E-state index contributed by atoms with van der Waals surface area (Å²) < 4.78 is 54.6. The molecule has 0 heterocycles. The maximum atomic E-state index is 11.4. The van der Waals surface area contributed by atoms with Crippen LogP contribution in [0.2, 0.25) is 0 Å². The van der Waals surface area contributed by atoms with Crippen molar-refractivity contribution in [3.63, 3.8) is 0 Å². The Morgan fingerprint density at radius 3 is 2.25 bits per heavy atom. The topological polar surface area (TPSA) is 86.7 Å². The highest BCUT2D eigenvalue weighted by Gasteiger charge is 2.19. The molecule has 6 nitrogen and oxygen atoms in total. The van der Waals surface area contributed by atoms with E-state index in [4.69, 9.17) is 8.37 Å². The zero-order valence-electron chi connectivity index (χ0n) is 13.5. The molecule has 0 saturated heterocycles. The number of hydrogen-bond acceptors (Lipinski definition) is 6. The molecular weight excluding hydrogens is 352 g/mol. The van der Waals surface area contributed by atoms with Crippen LogP contribution in [0.5, 0.6) is 0 Å². The molecule has 1 atom stereocenters. The summed E-state index contributed by atoms with van der Waals surface area (Å²) in [6.07, 6.45) is 1.83. The predicted octanol–water partition coefficient (Wildman–Crippen LogP) is 2.09. The minimum absolute atomic E-state index is 0.316. The lowest BCUT2D eigenvalue weighted by molar-refractivity contribution is 0.132. The summed E-state index contributed by atoms with van der Waals surface area (Å²) in [4.78, 5) is 0. The lowest BCUT2D eigenvalue weighted by Gasteiger charge is -2.16. The normalized spacial score (nSPS) is 13.9. The van der Waals surface area contributed by atoms with Crippen LogP contribution < -0.4 is 0 Å². The quantitative estimate of drug-likeness (QED) is 0.660. The highest BCUT2D eigenvalue weighted by Crippen LogP contribution is 2.21. The van der Waals surface area contributed by atoms with Crippen LogP contribution in [-0.2, 0) is 35.0 Å². The second kappa shape index (κ2) is 7.60. The molecule has 0 radical (unpaired) electrons. The van der Waals surface area contributed by atoms with Gasteiger partial charge < -0.3 is 0 Å². The maximum absolute atomic E-state index is 11.4. The van der Waals surface area contributed by atoms with E-state index in [1.165, 1.54) is 0 Å². The van der Waals surface area contributed by atoms with Crippen LogP contribution >= 0.6 is 0 Å². The SMILES string of the molecule is CS(=O)(=O)OCC(CCc1cccc2ccccc12)OS(C)(=O)=O. The van der Waals surface area contributed by atoms with Crippen LogP contribution in [0.4, 0.5) is 0 Å². The van der Waals surface area contributed by atoms with E-state index in [9.17, 15) is 16.8 Å². The van der Waals surface area contributed by atoms with Crippen molar-refractivity contribution in [2.45, 2.75) is 18.9 Å². The zero-order chi connectivity index (χ0) is 17.8. The molecule has 0 aliphatic heterocycles. The minimum atomic E-state index is -3.71. The molecule has 2 aromatic carbocycles. The van der Waals surface area contributed by atoms with E-state index < -0.39 is 26.3 Å². The third kappa shape index (κ3) is 6.20. The molecule has 0 aliphatic carbocycles. The number of fused-ring (bicyclic) bond motifs is 1. The van der Waals surface area contributed by atoms with E-state index in [0.29, 0.717) is 12.8 Å². The van der Waals surface area contributed by atoms with Crippen LogP contribution in [0, 0.1) is 0 Å². The maximum Gasteiger partial charge on any atom is 0.264 e. The molecule has 0 fully saturated rings. The Kier molecular flexibility index (Phi) is 5.97. The lowest BCUT2D eigenvalue weighted by atomic mass is 10.00. The Morgan fingerprint density at radius 2 is 1.58 bits per heavy atom. The standard InChI is InChI=1S/C16H20O6S2/c1-23(17,18)21-12-15(22-24(2,19)20)11-10-14-8-5-7-13-6-3-4-9-16(13)14/h3-9,15H,10-12H2,1-2H3. The average molecular weight is 372 g/mol. The molecule has 0 N–H and O–H groups in total. The Morgan fingerprint density at radius 1 is 0.917 bits per heavy atom. The first-order valence-corrected chi connectivity index (χ1v) is 11.0. The van der Waals surface area contributed by atoms with Crippen LogP contribution in [0.3, 0.4) is 0 Å². The molecule has 0 spiro atoms. The van der Waals surface area contributed by atoms with E-state index in [1.54, 1.807) is 0 Å². The third-order valence-corrected chi connectivity index (χ3v) is 4.58. The number of rotatable bonds is 8. The molecule has 24 heavy (non-hydrogen) atoms. The Labute approximate surface area is 142 Å². The van der Waals surface area contributed by atoms with Crippen LogP contribution in [-0.4, -0.2) is 42.1 Å². The molecule has 8 heteroatoms. The summed E-state index contributed by atoms with van der Waals surface area (Å²) in [5.41, 5.74) is 1.04. The van der Waals surface area contributed by atoms with E-state index in [1.807, 2.05) is 42.5 Å². The largest absolute Gasteiger partial charge is 0.268 e. The van der Waals surface area contributed by atoms with Crippen molar-refractivity contribution < 1.29 is 25.2 Å². The lowest BCUT2D eigenvalue weighted by Crippen LogP contribution is -2.25. The van der Waals surface area contributed by atoms with Crippen LogP contribution in [0.15, 0.2) is 42.5 Å². The fraction of sp³-hybridized carbons (Fsp3) is 0.375. The molecule has 0 saturated carbocycles. The first-order chi connectivity index (χ1) is 11.1. The zero-order valence-corrected chi connectivity index (χ0v) is 15.1. The summed E-state index contributed by atoms with van der Waals surface area (Å²) in [6, 6.07) is 13.7. The van der Waals surface area contributed by atoms with E-state index >= 15 is 0 Å². The van der Waals surface area contributed by atoms with E-state index in [2.05, 4.69) is 0 Å². The van der Waals surface area contributed by atoms with Gasteiger partial charge in [-0.1, -0.05) is 42.5 Å². The van der Waals surface area contributed by atoms with E-state index in [0.717, 1.165) is 28.8 Å². The summed E-state index contributed by atoms with van der Waals surface area (Å²) in [5.74, 6) is 0. The van der Waals surface area contributed by atoms with Gasteiger partial charge in [0, 0.05) is 0 Å². The molecule has 132 valence electrons. The molecule has 1 unspecified atom stereocenters. The highest BCUT2D eigenvalue weighted by atomic mass is 32.2. The van der Waals surface area contributed by atoms with Gasteiger partial charge in [-0.25, -0.2) is 0 Å². The summed E-state index contributed by atoms with van der Waals surface area (Å²) in [5, 5.41) is 2.16. The Hall–Kier alpha value is -1.48. The van der Waals surface area contributed by atoms with Crippen molar-refractivity contribution in [1.82, 2.24) is 0 Å². The van der Waals surface area contributed by atoms with Crippen molar-refractivity contribution in [2.75, 3.05) is 19.1 Å². The van der Waals surface area contributed by atoms with Crippen molar-refractivity contribution in [2.24, 2.45) is 0 Å². The summed E-state index contributed by atoms with van der Waals surface area (Å²) in [7, 11) is -7.38. The third-order valence-electron chi connectivity index (χ3n) is 3.39. The van der Waals surface area contributed by atoms with Gasteiger partial charge >= 0.3 is 0 Å². The Bertz CT molecular complexity index is 898. The van der Waals surface area contributed by atoms with Crippen molar-refractivity contribution in [3.8, 4) is 0 Å². The Balaban J connectivity index is 2.13. The van der Waals surface area contributed by atoms with Crippen molar-refractivity contribution in [1.29, 1.82) is 0 Å². The molecule has 0 aliphatic rings. The van der Waals surface area contributed by atoms with Gasteiger partial charge in [0.1, 0.15) is 6.10 Å². The summed E-state index contributed by atoms with van der Waals surface area (Å²) >= 11 is 0. The summed E-state index contributed by atoms with van der Waals surface area (Å²) in [6.45, 7) is -0.337. The number of aryl methyl sites for hydroxylation is 1. The highest BCUT2D eigenvalue weighted by molar-refractivity contribution is 7.86. The smallest absolute Gasteiger partial charge is 0.264 e. The minimum Gasteiger partial charge on any atom is -0.268 e. The second-order valence-corrected chi connectivity index (χ2v) is 8.83. The molecule has 0 amide bonds. The second-order valence-electron chi connectivity index (χ2n) is 5.59. The average Bonchev–Trinajstić information content (AvgIpc) is 2.48. The molecule has 0 bridgehead atoms. The van der Waals surface area contributed by atoms with Gasteiger partial charge in [0.05, 0.1) is 19.1 Å². The van der Waals surface area contributed by atoms with Gasteiger partial charge in [0.15, 0.2) is 0 Å². The first kappa shape index (κ1) is 18.9. The van der Waals surface area contributed by atoms with Gasteiger partial charge in [-0.15, -0.1) is 0 Å². The van der Waals surface area contributed by atoms with Gasteiger partial charge in [-0.05, 0) is 29.2 Å². The fourth-order valence-corrected chi connectivity index (χ4v) is 3.48. The van der Waals surface area contributed by atoms with E-state index in [-0.39, 0.29) is 6.61 Å². The van der Waals surface area contributed by atoms with Gasteiger partial charge in [-0.3, -0.25) is 8.37 Å². The van der Waals surface area contributed by atoms with Crippen LogP contribution in [0.25, 0.3) is 10.8 Å². The molecule has 0 aromatic heterocycles. The molecule has 2 aromatic rings. The van der Waals surface area contributed by atoms with Crippen molar-refractivity contribution in [3.05, 3.63) is 48.0 Å². The predicted molar refractivity (Wildman–Crippen MR) is 92.8 cm³/mol. The van der Waals surface area contributed by atoms with Gasteiger partial charge in [-0.2, -0.15) is 16.8 Å². The fourth-order valence-electron chi connectivity index (χ4n) is 2.43. The molecule has 2 rings (SSSR count). The van der Waals surface area contributed by atoms with Gasteiger partial charge in [0.25, 0.3) is 20.2 Å². The molecular formula is C16H20O6S2.